The van der Waals surface area contributed by atoms with Crippen LogP contribution in [-0.2, 0) is 6.54 Å². The summed E-state index contributed by atoms with van der Waals surface area (Å²) in [6, 6.07) is 9.58. The molecule has 2 atom stereocenters. The molecule has 3 N–H and O–H groups in total. The van der Waals surface area contributed by atoms with Crippen LogP contribution in [0, 0.1) is 12.8 Å². The number of aryl methyl sites for hydroxylation is 1. The van der Waals surface area contributed by atoms with Crippen molar-refractivity contribution in [1.82, 2.24) is 19.1 Å². The zero-order chi connectivity index (χ0) is 29.3. The Hall–Kier alpha value is -3.70. The van der Waals surface area contributed by atoms with Gasteiger partial charge in [0, 0.05) is 42.0 Å². The third-order valence-electron chi connectivity index (χ3n) is 8.98. The van der Waals surface area contributed by atoms with Gasteiger partial charge in [-0.15, -0.1) is 0 Å². The number of amides is 1. The Morgan fingerprint density at radius 2 is 2.00 bits per heavy atom. The number of likely N-dealkylation sites (tertiary alicyclic amines) is 1. The lowest BCUT2D eigenvalue weighted by atomic mass is 9.96. The van der Waals surface area contributed by atoms with Crippen molar-refractivity contribution in [3.63, 3.8) is 0 Å². The lowest BCUT2D eigenvalue weighted by molar-refractivity contribution is 0.0445. The van der Waals surface area contributed by atoms with Crippen LogP contribution in [-0.4, -0.2) is 87.9 Å². The first-order chi connectivity index (χ1) is 20.2. The van der Waals surface area contributed by atoms with Crippen LogP contribution in [0.15, 0.2) is 36.5 Å². The monoisotopic (exact) mass is 578 g/mol. The number of fused-ring (bicyclic) bond motifs is 2. The second-order valence-electron chi connectivity index (χ2n) is 12.4. The number of rotatable bonds is 7. The molecule has 0 bridgehead atoms. The molecule has 11 heteroatoms. The molecule has 1 amide bonds. The second-order valence-corrected chi connectivity index (χ2v) is 12.4. The lowest BCUT2D eigenvalue weighted by Gasteiger charge is -2.44. The van der Waals surface area contributed by atoms with Crippen molar-refractivity contribution >= 4 is 28.0 Å². The van der Waals surface area contributed by atoms with Crippen LogP contribution in [0.3, 0.4) is 0 Å². The number of nitrogens with zero attached hydrogens (tertiary/aromatic N) is 5. The Kier molecular flexibility index (Phi) is 6.43. The Bertz CT molecular complexity index is 1680. The van der Waals surface area contributed by atoms with E-state index in [0.717, 1.165) is 45.6 Å². The molecular weight excluding hydrogens is 542 g/mol. The van der Waals surface area contributed by atoms with E-state index >= 15 is 0 Å². The van der Waals surface area contributed by atoms with E-state index in [1.54, 1.807) is 23.9 Å². The molecule has 1 aromatic carbocycles. The summed E-state index contributed by atoms with van der Waals surface area (Å²) in [5, 5.41) is 15.4. The number of alkyl halides is 2. The van der Waals surface area contributed by atoms with Crippen LogP contribution >= 0.6 is 0 Å². The van der Waals surface area contributed by atoms with Gasteiger partial charge < -0.3 is 29.9 Å². The van der Waals surface area contributed by atoms with Crippen LogP contribution < -0.4 is 15.4 Å². The number of piperidine rings is 1. The summed E-state index contributed by atoms with van der Waals surface area (Å²) in [7, 11) is 1.56. The average Bonchev–Trinajstić information content (AvgIpc) is 3.63. The molecule has 2 saturated heterocycles. The van der Waals surface area contributed by atoms with Gasteiger partial charge in [-0.3, -0.25) is 4.79 Å². The molecule has 3 aromatic heterocycles. The summed E-state index contributed by atoms with van der Waals surface area (Å²) in [5.41, 5.74) is 10.2. The van der Waals surface area contributed by atoms with Gasteiger partial charge in [0.05, 0.1) is 50.1 Å². The zero-order valence-electron chi connectivity index (χ0n) is 23.9. The van der Waals surface area contributed by atoms with Crippen molar-refractivity contribution in [2.24, 2.45) is 11.7 Å². The molecule has 1 saturated carbocycles. The Morgan fingerprint density at radius 1 is 1.21 bits per heavy atom. The Balaban J connectivity index is 1.30. The first kappa shape index (κ1) is 27.2. The summed E-state index contributed by atoms with van der Waals surface area (Å²) in [6.45, 7) is 3.04. The molecular formula is C31H36F2N6O3. The van der Waals surface area contributed by atoms with Gasteiger partial charge in [-0.05, 0) is 56.4 Å². The van der Waals surface area contributed by atoms with Crippen molar-refractivity contribution in [3.05, 3.63) is 47.7 Å². The predicted molar refractivity (Wildman–Crippen MR) is 157 cm³/mol. The summed E-state index contributed by atoms with van der Waals surface area (Å²) >= 11 is 0. The molecule has 2 aliphatic heterocycles. The first-order valence-corrected chi connectivity index (χ1v) is 14.6. The quantitative estimate of drug-likeness (QED) is 0.347. The standard InChI is InChI=1S/C31H36F2N6O3/c1-18-28(35-39-12-21(8-27(42-2)29(18)39)30(41)36-13-22(32)9-23(34)14-36)26-7-20-5-6-24(37-15-31(33,16-37)17-40)10-25(20)38(26)11-19-3-4-19/h5-8,10,12,19,22-23,40H,3-4,9,11,13-17,34H2,1-2H3/t22-,23-/m1/s1. The lowest BCUT2D eigenvalue weighted by Crippen LogP contribution is -2.61. The van der Waals surface area contributed by atoms with Gasteiger partial charge in [-0.2, -0.15) is 5.10 Å². The number of aliphatic hydroxyl groups excluding tert-OH is 1. The molecule has 1 aliphatic carbocycles. The van der Waals surface area contributed by atoms with Gasteiger partial charge in [0.2, 0.25) is 0 Å². The van der Waals surface area contributed by atoms with E-state index < -0.39 is 24.5 Å². The number of hydrogen-bond acceptors (Lipinski definition) is 6. The summed E-state index contributed by atoms with van der Waals surface area (Å²) in [6.07, 6.45) is 3.14. The van der Waals surface area contributed by atoms with Crippen LogP contribution in [0.2, 0.25) is 0 Å². The van der Waals surface area contributed by atoms with E-state index in [1.807, 2.05) is 17.9 Å². The second kappa shape index (κ2) is 9.95. The fourth-order valence-corrected chi connectivity index (χ4v) is 6.54. The van der Waals surface area contributed by atoms with Crippen LogP contribution in [0.25, 0.3) is 27.8 Å². The van der Waals surface area contributed by atoms with Crippen molar-refractivity contribution in [2.45, 2.75) is 50.6 Å². The van der Waals surface area contributed by atoms with Gasteiger partial charge in [-0.1, -0.05) is 6.07 Å². The Labute approximate surface area is 242 Å². The smallest absolute Gasteiger partial charge is 0.255 e. The normalized spacial score (nSPS) is 22.1. The molecule has 4 aromatic rings. The molecule has 7 rings (SSSR count). The number of hydrogen-bond donors (Lipinski definition) is 2. The highest BCUT2D eigenvalue weighted by atomic mass is 19.1. The van der Waals surface area contributed by atoms with Crippen LogP contribution in [0.5, 0.6) is 5.75 Å². The maximum atomic E-state index is 14.4. The minimum atomic E-state index is -1.54. The number of nitrogens with two attached hydrogens (primary N) is 1. The van der Waals surface area contributed by atoms with Crippen molar-refractivity contribution in [1.29, 1.82) is 0 Å². The first-order valence-electron chi connectivity index (χ1n) is 14.6. The molecule has 0 unspecified atom stereocenters. The fraction of sp³-hybridized carbons (Fsp3) is 0.484. The van der Waals surface area contributed by atoms with Gasteiger partial charge in [-0.25, -0.2) is 13.3 Å². The molecule has 222 valence electrons. The molecule has 9 nitrogen and oxygen atoms in total. The summed E-state index contributed by atoms with van der Waals surface area (Å²) in [4.78, 5) is 16.8. The molecule has 3 aliphatic rings. The van der Waals surface area contributed by atoms with Gasteiger partial charge in [0.25, 0.3) is 5.91 Å². The molecule has 3 fully saturated rings. The third kappa shape index (κ3) is 4.59. The number of anilines is 1. The highest BCUT2D eigenvalue weighted by molar-refractivity contribution is 5.96. The number of ether oxygens (including phenoxy) is 1. The van der Waals surface area contributed by atoms with Crippen molar-refractivity contribution in [3.8, 4) is 17.1 Å². The molecule has 5 heterocycles. The number of aromatic nitrogens is 3. The van der Waals surface area contributed by atoms with E-state index in [-0.39, 0.29) is 32.0 Å². The van der Waals surface area contributed by atoms with Gasteiger partial charge >= 0.3 is 0 Å². The Morgan fingerprint density at radius 3 is 2.69 bits per heavy atom. The average molecular weight is 579 g/mol. The number of carbonyl (C=O) groups excluding carboxylic acids is 1. The largest absolute Gasteiger partial charge is 0.494 e. The maximum Gasteiger partial charge on any atom is 0.255 e. The minimum Gasteiger partial charge on any atom is -0.494 e. The van der Waals surface area contributed by atoms with E-state index in [4.69, 9.17) is 15.6 Å². The van der Waals surface area contributed by atoms with E-state index in [0.29, 0.717) is 23.8 Å². The number of pyridine rings is 1. The van der Waals surface area contributed by atoms with E-state index in [9.17, 15) is 18.7 Å². The summed E-state index contributed by atoms with van der Waals surface area (Å²) in [5.74, 6) is 0.799. The number of halogens is 2. The van der Waals surface area contributed by atoms with E-state index in [2.05, 4.69) is 22.8 Å². The maximum absolute atomic E-state index is 14.4. The SMILES string of the molecule is COc1cc(C(=O)N2C[C@H](N)C[C@@H](F)C2)cn2nc(-c3cc4ccc(N5CC(F)(CO)C5)cc4n3CC3CC3)c(C)c12. The number of methoxy groups -OCH3 is 1. The van der Waals surface area contributed by atoms with Gasteiger partial charge in [0.1, 0.15) is 23.1 Å². The highest BCUT2D eigenvalue weighted by Gasteiger charge is 2.43. The predicted octanol–water partition coefficient (Wildman–Crippen LogP) is 3.71. The molecule has 42 heavy (non-hydrogen) atoms. The molecule has 0 radical (unpaired) electrons. The highest BCUT2D eigenvalue weighted by Crippen LogP contribution is 2.40. The van der Waals surface area contributed by atoms with E-state index in [1.165, 1.54) is 17.7 Å². The number of benzene rings is 1. The number of aliphatic hydroxyl groups is 1. The fourth-order valence-electron chi connectivity index (χ4n) is 6.54. The molecule has 0 spiro atoms. The van der Waals surface area contributed by atoms with Gasteiger partial charge in [0.15, 0.2) is 5.67 Å². The van der Waals surface area contributed by atoms with Crippen LogP contribution in [0.4, 0.5) is 14.5 Å². The minimum absolute atomic E-state index is 0.0171. The third-order valence-corrected chi connectivity index (χ3v) is 8.98. The van der Waals surface area contributed by atoms with Crippen molar-refractivity contribution in [2.75, 3.05) is 44.8 Å². The zero-order valence-corrected chi connectivity index (χ0v) is 23.9. The van der Waals surface area contributed by atoms with Crippen LogP contribution in [0.1, 0.15) is 35.2 Å². The topological polar surface area (TPSA) is 101 Å². The number of carbonyl (C=O) groups is 1. The summed E-state index contributed by atoms with van der Waals surface area (Å²) < 4.78 is 38.4. The van der Waals surface area contributed by atoms with Crippen molar-refractivity contribution < 1.29 is 23.4 Å².